The van der Waals surface area contributed by atoms with E-state index < -0.39 is 7.32 Å². The van der Waals surface area contributed by atoms with Gasteiger partial charge < -0.3 is 24.3 Å². The van der Waals surface area contributed by atoms with Gasteiger partial charge in [0.05, 0.1) is 6.61 Å². The smallest absolute Gasteiger partial charge is 0.512 e. The van der Waals surface area contributed by atoms with Crippen molar-refractivity contribution in [1.29, 1.82) is 0 Å². The Hall–Kier alpha value is -1.57. The molecule has 1 aliphatic rings. The quantitative estimate of drug-likeness (QED) is 0.698. The van der Waals surface area contributed by atoms with E-state index in [1.165, 1.54) is 0 Å². The third-order valence-corrected chi connectivity index (χ3v) is 2.62. The highest BCUT2D eigenvalue weighted by Crippen LogP contribution is 2.14. The predicted octanol–water partition coefficient (Wildman–Crippen LogP) is -0.606. The van der Waals surface area contributed by atoms with E-state index in [-0.39, 0.29) is 12.5 Å². The minimum absolute atomic E-state index is 0.0210. The van der Waals surface area contributed by atoms with Gasteiger partial charge in [0.2, 0.25) is 5.91 Å². The van der Waals surface area contributed by atoms with Crippen molar-refractivity contribution in [1.82, 2.24) is 4.90 Å². The van der Waals surface area contributed by atoms with Gasteiger partial charge in [-0.2, -0.15) is 0 Å². The van der Waals surface area contributed by atoms with E-state index in [2.05, 4.69) is 0 Å². The largest absolute Gasteiger partial charge is 0.707 e. The monoisotopic (exact) mass is 251 g/mol. The van der Waals surface area contributed by atoms with Gasteiger partial charge in [0, 0.05) is 13.1 Å². The van der Waals surface area contributed by atoms with Gasteiger partial charge in [0.1, 0.15) is 12.4 Å². The first-order chi connectivity index (χ1) is 8.65. The zero-order valence-corrected chi connectivity index (χ0v) is 9.78. The summed E-state index contributed by atoms with van der Waals surface area (Å²) in [4.78, 5) is 13.2. The van der Waals surface area contributed by atoms with Crippen molar-refractivity contribution in [2.45, 2.75) is 6.54 Å². The lowest BCUT2D eigenvalue weighted by Crippen LogP contribution is -2.40. The number of morpholine rings is 1. The molecule has 2 rings (SSSR count). The molecular weight excluding hydrogens is 237 g/mol. The molecule has 1 aromatic rings. The highest BCUT2D eigenvalue weighted by Gasteiger charge is 2.18. The van der Waals surface area contributed by atoms with Crippen LogP contribution in [0.15, 0.2) is 24.3 Å². The lowest BCUT2D eigenvalue weighted by molar-refractivity contribution is -0.143. The van der Waals surface area contributed by atoms with Crippen molar-refractivity contribution in [3.63, 3.8) is 0 Å². The summed E-state index contributed by atoms with van der Waals surface area (Å²) in [6.07, 6.45) is 0. The standard InChI is InChI=1S/C11H14BNO5/c14-11-8-17-6-5-13(11)7-9-1-3-10(4-2-9)18-12(15)16/h1-4,15-16H,5-8H2. The lowest BCUT2D eigenvalue weighted by atomic mass is 10.2. The Kier molecular flexibility index (Phi) is 4.19. The zero-order chi connectivity index (χ0) is 13.0. The number of carbonyl (C=O) groups excluding carboxylic acids is 1. The van der Waals surface area contributed by atoms with Crippen LogP contribution in [0.25, 0.3) is 0 Å². The fraction of sp³-hybridized carbons (Fsp3) is 0.364. The second-order valence-corrected chi connectivity index (χ2v) is 3.96. The van der Waals surface area contributed by atoms with E-state index >= 15 is 0 Å². The Labute approximate surface area is 105 Å². The number of rotatable bonds is 4. The fourth-order valence-corrected chi connectivity index (χ4v) is 1.73. The number of ether oxygens (including phenoxy) is 1. The molecule has 96 valence electrons. The molecule has 0 radical (unpaired) electrons. The van der Waals surface area contributed by atoms with Gasteiger partial charge >= 0.3 is 7.32 Å². The van der Waals surface area contributed by atoms with Crippen LogP contribution in [0, 0.1) is 0 Å². The minimum atomic E-state index is -1.82. The van der Waals surface area contributed by atoms with Gasteiger partial charge in [-0.1, -0.05) is 12.1 Å². The highest BCUT2D eigenvalue weighted by molar-refractivity contribution is 6.33. The fourth-order valence-electron chi connectivity index (χ4n) is 1.73. The SMILES string of the molecule is O=C1COCCN1Cc1ccc(OB(O)O)cc1. The maximum atomic E-state index is 11.5. The summed E-state index contributed by atoms with van der Waals surface area (Å²) in [7, 11) is -1.82. The number of nitrogens with zero attached hydrogens (tertiary/aromatic N) is 1. The molecule has 18 heavy (non-hydrogen) atoms. The first-order valence-corrected chi connectivity index (χ1v) is 5.62. The summed E-state index contributed by atoms with van der Waals surface area (Å²) < 4.78 is 9.74. The van der Waals surface area contributed by atoms with E-state index in [1.807, 2.05) is 0 Å². The first kappa shape index (κ1) is 12.9. The van der Waals surface area contributed by atoms with Gasteiger partial charge in [-0.15, -0.1) is 0 Å². The van der Waals surface area contributed by atoms with Gasteiger partial charge in [-0.3, -0.25) is 4.79 Å². The van der Waals surface area contributed by atoms with Crippen molar-refractivity contribution in [3.8, 4) is 5.75 Å². The van der Waals surface area contributed by atoms with Crippen LogP contribution in [-0.2, 0) is 16.1 Å². The van der Waals surface area contributed by atoms with Crippen molar-refractivity contribution in [2.75, 3.05) is 19.8 Å². The van der Waals surface area contributed by atoms with E-state index in [9.17, 15) is 4.79 Å². The van der Waals surface area contributed by atoms with Gasteiger partial charge in [0.25, 0.3) is 0 Å². The maximum absolute atomic E-state index is 11.5. The Bertz CT molecular complexity index is 408. The Balaban J connectivity index is 1.95. The molecule has 2 N–H and O–H groups in total. The number of carbonyl (C=O) groups is 1. The summed E-state index contributed by atoms with van der Waals surface area (Å²) in [6, 6.07) is 6.81. The van der Waals surface area contributed by atoms with Gasteiger partial charge in [-0.25, -0.2) is 0 Å². The second kappa shape index (κ2) is 5.86. The van der Waals surface area contributed by atoms with Crippen LogP contribution in [0.4, 0.5) is 0 Å². The molecule has 0 saturated carbocycles. The van der Waals surface area contributed by atoms with Crippen LogP contribution in [0.5, 0.6) is 5.75 Å². The number of hydrogen-bond acceptors (Lipinski definition) is 5. The van der Waals surface area contributed by atoms with Crippen molar-refractivity contribution < 1.29 is 24.2 Å². The minimum Gasteiger partial charge on any atom is -0.512 e. The molecule has 0 unspecified atom stereocenters. The topological polar surface area (TPSA) is 79.2 Å². The van der Waals surface area contributed by atoms with Crippen LogP contribution in [0.3, 0.4) is 0 Å². The van der Waals surface area contributed by atoms with Crippen LogP contribution in [-0.4, -0.2) is 47.9 Å². The van der Waals surface area contributed by atoms with Crippen molar-refractivity contribution >= 4 is 13.2 Å². The Morgan fingerprint density at radius 2 is 2.06 bits per heavy atom. The van der Waals surface area contributed by atoms with E-state index in [0.717, 1.165) is 5.56 Å². The van der Waals surface area contributed by atoms with E-state index in [4.69, 9.17) is 19.4 Å². The molecule has 0 atom stereocenters. The predicted molar refractivity (Wildman–Crippen MR) is 63.5 cm³/mol. The van der Waals surface area contributed by atoms with Gasteiger partial charge in [-0.05, 0) is 17.7 Å². The molecule has 1 saturated heterocycles. The number of hydrogen-bond donors (Lipinski definition) is 2. The average Bonchev–Trinajstić information content (AvgIpc) is 2.34. The molecule has 1 amide bonds. The number of amides is 1. The first-order valence-electron chi connectivity index (χ1n) is 5.62. The van der Waals surface area contributed by atoms with E-state index in [0.29, 0.717) is 25.4 Å². The molecule has 1 heterocycles. The average molecular weight is 251 g/mol. The Morgan fingerprint density at radius 3 is 2.67 bits per heavy atom. The summed E-state index contributed by atoms with van der Waals surface area (Å²) in [5.74, 6) is 0.342. The molecular formula is C11H14BNO5. The highest BCUT2D eigenvalue weighted by atomic mass is 16.6. The van der Waals surface area contributed by atoms with E-state index in [1.54, 1.807) is 29.2 Å². The molecule has 6 nitrogen and oxygen atoms in total. The van der Waals surface area contributed by atoms with Crippen LogP contribution >= 0.6 is 0 Å². The second-order valence-electron chi connectivity index (χ2n) is 3.96. The van der Waals surface area contributed by atoms with Crippen molar-refractivity contribution in [2.24, 2.45) is 0 Å². The normalized spacial score (nSPS) is 15.7. The zero-order valence-electron chi connectivity index (χ0n) is 9.78. The molecule has 1 aliphatic heterocycles. The summed E-state index contributed by atoms with van der Waals surface area (Å²) in [6.45, 7) is 1.80. The van der Waals surface area contributed by atoms with Crippen LogP contribution < -0.4 is 4.65 Å². The van der Waals surface area contributed by atoms with Crippen LogP contribution in [0.1, 0.15) is 5.56 Å². The molecule has 0 aromatic heterocycles. The summed E-state index contributed by atoms with van der Waals surface area (Å²) in [5.41, 5.74) is 0.949. The molecule has 1 aromatic carbocycles. The molecule has 1 fully saturated rings. The van der Waals surface area contributed by atoms with Gasteiger partial charge in [0.15, 0.2) is 0 Å². The third-order valence-electron chi connectivity index (χ3n) is 2.62. The Morgan fingerprint density at radius 1 is 1.33 bits per heavy atom. The maximum Gasteiger partial charge on any atom is 0.707 e. The van der Waals surface area contributed by atoms with Crippen molar-refractivity contribution in [3.05, 3.63) is 29.8 Å². The molecule has 0 aliphatic carbocycles. The molecule has 0 bridgehead atoms. The molecule has 0 spiro atoms. The third kappa shape index (κ3) is 3.46. The van der Waals surface area contributed by atoms with Crippen LogP contribution in [0.2, 0.25) is 0 Å². The molecule has 7 heteroatoms. The number of benzene rings is 1. The summed E-state index contributed by atoms with van der Waals surface area (Å²) in [5, 5.41) is 17.3. The summed E-state index contributed by atoms with van der Waals surface area (Å²) >= 11 is 0. The lowest BCUT2D eigenvalue weighted by Gasteiger charge is -2.26.